The predicted octanol–water partition coefficient (Wildman–Crippen LogP) is 1.57. The maximum Gasteiger partial charge on any atom is 0.256 e. The van der Waals surface area contributed by atoms with Crippen LogP contribution >= 0.6 is 0 Å². The molecule has 0 saturated carbocycles. The highest BCUT2D eigenvalue weighted by Gasteiger charge is 2.31. The number of hydrogen-bond acceptors (Lipinski definition) is 4. The van der Waals surface area contributed by atoms with Crippen LogP contribution in [0.2, 0.25) is 0 Å². The number of rotatable bonds is 2. The number of H-pyrrole nitrogens is 1. The van der Waals surface area contributed by atoms with E-state index in [1.165, 1.54) is 4.90 Å². The summed E-state index contributed by atoms with van der Waals surface area (Å²) in [6, 6.07) is 12.1. The lowest BCUT2D eigenvalue weighted by Crippen LogP contribution is -2.47. The minimum absolute atomic E-state index is 0.0614. The maximum atomic E-state index is 13.1. The van der Waals surface area contributed by atoms with Gasteiger partial charge in [-0.25, -0.2) is 13.6 Å². The number of sulfonamides is 1. The van der Waals surface area contributed by atoms with E-state index in [1.807, 2.05) is 6.07 Å². The molecule has 0 radical (unpaired) electrons. The third-order valence-electron chi connectivity index (χ3n) is 5.10. The Hall–Kier alpha value is -2.71. The summed E-state index contributed by atoms with van der Waals surface area (Å²) in [5, 5.41) is 5.50. The molecule has 2 aromatic carbocycles. The highest BCUT2D eigenvalue weighted by atomic mass is 32.2. The van der Waals surface area contributed by atoms with Gasteiger partial charge in [-0.15, -0.1) is 0 Å². The van der Waals surface area contributed by atoms with Gasteiger partial charge in [0, 0.05) is 29.4 Å². The Bertz CT molecular complexity index is 1220. The lowest BCUT2D eigenvalue weighted by molar-refractivity contribution is 0.0729. The molecule has 0 aliphatic carbocycles. The number of carbonyl (C=O) groups is 1. The molecule has 0 spiro atoms. The molecule has 0 bridgehead atoms. The van der Waals surface area contributed by atoms with Gasteiger partial charge in [0.1, 0.15) is 0 Å². The molecule has 3 N–H and O–H groups in total. The zero-order valence-corrected chi connectivity index (χ0v) is 15.3. The number of nitrogens with zero attached hydrogens (tertiary/aromatic N) is 1. The van der Waals surface area contributed by atoms with E-state index < -0.39 is 15.3 Å². The molecule has 1 aliphatic rings. The fraction of sp³-hybridized carbons (Fsp3) is 0.263. The summed E-state index contributed by atoms with van der Waals surface area (Å²) in [6.07, 6.45) is 1.01. The molecule has 140 valence electrons. The van der Waals surface area contributed by atoms with Gasteiger partial charge in [0.05, 0.1) is 16.3 Å². The Morgan fingerprint density at radius 1 is 1.11 bits per heavy atom. The maximum absolute atomic E-state index is 13.1. The molecule has 8 heteroatoms. The van der Waals surface area contributed by atoms with Gasteiger partial charge in [0.25, 0.3) is 5.91 Å². The third-order valence-corrected chi connectivity index (χ3v) is 6.41. The number of primary sulfonamides is 1. The van der Waals surface area contributed by atoms with E-state index in [4.69, 9.17) is 5.14 Å². The van der Waals surface area contributed by atoms with Crippen molar-refractivity contribution in [3.63, 3.8) is 0 Å². The number of benzene rings is 2. The van der Waals surface area contributed by atoms with Crippen molar-refractivity contribution in [3.8, 4) is 0 Å². The number of amides is 1. The van der Waals surface area contributed by atoms with Gasteiger partial charge in [-0.1, -0.05) is 18.2 Å². The van der Waals surface area contributed by atoms with Crippen LogP contribution in [0.4, 0.5) is 0 Å². The molecule has 7 nitrogen and oxygen atoms in total. The number of pyridine rings is 1. The first kappa shape index (κ1) is 17.7. The molecular weight excluding hydrogens is 366 g/mol. The molecule has 1 fully saturated rings. The molecule has 1 aromatic heterocycles. The Morgan fingerprint density at radius 3 is 2.63 bits per heavy atom. The van der Waals surface area contributed by atoms with Crippen LogP contribution in [0.1, 0.15) is 23.2 Å². The second-order valence-corrected chi connectivity index (χ2v) is 8.68. The highest BCUT2D eigenvalue weighted by molar-refractivity contribution is 7.89. The first-order valence-electron chi connectivity index (χ1n) is 8.71. The standard InChI is InChI=1S/C19H19N3O4S/c20-27(25,26)12-5-4-10-22(11-12)19(24)15-8-3-7-14-17(15)21-16-9-2-1-6-13(16)18(14)23/h1-3,6-9,12H,4-5,10-11H2,(H,21,23)(H2,20,25,26). The zero-order chi connectivity index (χ0) is 19.2. The number of piperidine rings is 1. The van der Waals surface area contributed by atoms with Crippen LogP contribution in [0.5, 0.6) is 0 Å². The van der Waals surface area contributed by atoms with E-state index in [0.717, 1.165) is 0 Å². The molecule has 1 amide bonds. The summed E-state index contributed by atoms with van der Waals surface area (Å²) >= 11 is 0. The van der Waals surface area contributed by atoms with Crippen molar-refractivity contribution < 1.29 is 13.2 Å². The fourth-order valence-corrected chi connectivity index (χ4v) is 4.57. The van der Waals surface area contributed by atoms with Crippen LogP contribution in [0.15, 0.2) is 47.3 Å². The van der Waals surface area contributed by atoms with Crippen molar-refractivity contribution in [1.29, 1.82) is 0 Å². The quantitative estimate of drug-likeness (QED) is 0.652. The van der Waals surface area contributed by atoms with Crippen LogP contribution in [0.3, 0.4) is 0 Å². The van der Waals surface area contributed by atoms with Crippen molar-refractivity contribution >= 4 is 37.7 Å². The number of hydrogen-bond donors (Lipinski definition) is 2. The van der Waals surface area contributed by atoms with Crippen LogP contribution in [-0.4, -0.2) is 42.5 Å². The number of carbonyl (C=O) groups excluding carboxylic acids is 1. The monoisotopic (exact) mass is 385 g/mol. The predicted molar refractivity (Wildman–Crippen MR) is 104 cm³/mol. The minimum atomic E-state index is -3.70. The summed E-state index contributed by atoms with van der Waals surface area (Å²) < 4.78 is 23.4. The second-order valence-electron chi connectivity index (χ2n) is 6.83. The molecule has 1 unspecified atom stereocenters. The van der Waals surface area contributed by atoms with E-state index in [2.05, 4.69) is 4.98 Å². The lowest BCUT2D eigenvalue weighted by Gasteiger charge is -2.31. The van der Waals surface area contributed by atoms with Crippen LogP contribution < -0.4 is 10.6 Å². The summed E-state index contributed by atoms with van der Waals surface area (Å²) in [7, 11) is -3.70. The van der Waals surface area contributed by atoms with E-state index >= 15 is 0 Å². The number of aromatic amines is 1. The lowest BCUT2D eigenvalue weighted by atomic mass is 10.0. The average molecular weight is 385 g/mol. The molecule has 3 aromatic rings. The van der Waals surface area contributed by atoms with Crippen molar-refractivity contribution in [2.24, 2.45) is 5.14 Å². The van der Waals surface area contributed by atoms with E-state index in [1.54, 1.807) is 36.4 Å². The van der Waals surface area contributed by atoms with Crippen LogP contribution in [0.25, 0.3) is 21.8 Å². The van der Waals surface area contributed by atoms with Crippen molar-refractivity contribution in [2.45, 2.75) is 18.1 Å². The molecule has 1 aliphatic heterocycles. The fourth-order valence-electron chi connectivity index (χ4n) is 3.69. The molecule has 4 rings (SSSR count). The number of fused-ring (bicyclic) bond motifs is 2. The first-order chi connectivity index (χ1) is 12.9. The van der Waals surface area contributed by atoms with E-state index in [9.17, 15) is 18.0 Å². The number of nitrogens with one attached hydrogen (secondary N) is 1. The van der Waals surface area contributed by atoms with Crippen LogP contribution in [-0.2, 0) is 10.0 Å². The molecule has 1 atom stereocenters. The molecule has 1 saturated heterocycles. The van der Waals surface area contributed by atoms with E-state index in [0.29, 0.717) is 46.8 Å². The van der Waals surface area contributed by atoms with Crippen molar-refractivity contribution in [3.05, 3.63) is 58.3 Å². The van der Waals surface area contributed by atoms with Gasteiger partial charge in [0.15, 0.2) is 5.43 Å². The van der Waals surface area contributed by atoms with Gasteiger partial charge >= 0.3 is 0 Å². The van der Waals surface area contributed by atoms with Gasteiger partial charge < -0.3 is 9.88 Å². The Morgan fingerprint density at radius 2 is 1.85 bits per heavy atom. The summed E-state index contributed by atoms with van der Waals surface area (Å²) in [5.74, 6) is -0.306. The van der Waals surface area contributed by atoms with Crippen molar-refractivity contribution in [1.82, 2.24) is 9.88 Å². The topological polar surface area (TPSA) is 113 Å². The molecular formula is C19H19N3O4S. The Balaban J connectivity index is 1.82. The summed E-state index contributed by atoms with van der Waals surface area (Å²) in [4.78, 5) is 30.6. The number of para-hydroxylation sites is 2. The normalized spacial score (nSPS) is 18.1. The largest absolute Gasteiger partial charge is 0.354 e. The van der Waals surface area contributed by atoms with Gasteiger partial charge in [0.2, 0.25) is 10.0 Å². The summed E-state index contributed by atoms with van der Waals surface area (Å²) in [5.41, 5.74) is 1.32. The van der Waals surface area contributed by atoms with Crippen LogP contribution in [0, 0.1) is 0 Å². The van der Waals surface area contributed by atoms with Gasteiger partial charge in [-0.2, -0.15) is 0 Å². The molecule has 27 heavy (non-hydrogen) atoms. The smallest absolute Gasteiger partial charge is 0.256 e. The zero-order valence-electron chi connectivity index (χ0n) is 14.5. The minimum Gasteiger partial charge on any atom is -0.354 e. The van der Waals surface area contributed by atoms with Gasteiger partial charge in [-0.05, 0) is 37.1 Å². The number of aromatic nitrogens is 1. The SMILES string of the molecule is NS(=O)(=O)C1CCCN(C(=O)c2cccc3c(=O)c4ccccc4[nH]c23)C1. The first-order valence-corrected chi connectivity index (χ1v) is 10.3. The van der Waals surface area contributed by atoms with E-state index in [-0.39, 0.29) is 17.9 Å². The third kappa shape index (κ3) is 3.11. The number of likely N-dealkylation sites (tertiary alicyclic amines) is 1. The summed E-state index contributed by atoms with van der Waals surface area (Å²) in [6.45, 7) is 0.519. The molecule has 2 heterocycles. The van der Waals surface area contributed by atoms with Crippen molar-refractivity contribution in [2.75, 3.05) is 13.1 Å². The Kier molecular flexibility index (Phi) is 4.24. The average Bonchev–Trinajstić information content (AvgIpc) is 2.67. The van der Waals surface area contributed by atoms with Gasteiger partial charge in [-0.3, -0.25) is 9.59 Å². The highest BCUT2D eigenvalue weighted by Crippen LogP contribution is 2.22. The number of nitrogens with two attached hydrogens (primary N) is 1. The second kappa shape index (κ2) is 6.47. The Labute approximate surface area is 155 Å².